The number of halogens is 3. The molecule has 3 heterocycles. The van der Waals surface area contributed by atoms with Crippen molar-refractivity contribution in [2.45, 2.75) is 12.6 Å². The third kappa shape index (κ3) is 5.37. The summed E-state index contributed by atoms with van der Waals surface area (Å²) in [6, 6.07) is 11.4. The van der Waals surface area contributed by atoms with Crippen LogP contribution in [0, 0.1) is 0 Å². The minimum atomic E-state index is -4.41. The molecule has 37 heavy (non-hydrogen) atoms. The number of hydrogen-bond donors (Lipinski definition) is 1. The number of hydrogen-bond acceptors (Lipinski definition) is 6. The van der Waals surface area contributed by atoms with E-state index >= 15 is 0 Å². The van der Waals surface area contributed by atoms with E-state index in [1.54, 1.807) is 34.5 Å². The molecule has 1 N–H and O–H groups in total. The maximum absolute atomic E-state index is 13.2. The molecule has 192 valence electrons. The Kier molecular flexibility index (Phi) is 6.74. The fraction of sp³-hybridized carbons (Fsp3) is 0.269. The zero-order valence-electron chi connectivity index (χ0n) is 19.5. The van der Waals surface area contributed by atoms with Gasteiger partial charge in [-0.25, -0.2) is 4.79 Å². The number of Topliss-reactive ketones (excluding diaryl/α,β-unsaturated/α-hetero) is 1. The Morgan fingerprint density at radius 2 is 1.73 bits per heavy atom. The first-order chi connectivity index (χ1) is 17.7. The molecule has 0 saturated carbocycles. The Bertz CT molecular complexity index is 1500. The van der Waals surface area contributed by atoms with Crippen LogP contribution in [0.4, 0.5) is 13.2 Å². The number of alkyl halides is 3. The van der Waals surface area contributed by atoms with Crippen molar-refractivity contribution in [3.63, 3.8) is 0 Å². The normalized spacial score (nSPS) is 14.8. The Balaban J connectivity index is 1.17. The number of nitrogens with one attached hydrogen (secondary N) is 1. The number of nitrogens with zero attached hydrogens (tertiary/aromatic N) is 2. The molecule has 0 unspecified atom stereocenters. The van der Waals surface area contributed by atoms with Gasteiger partial charge in [-0.2, -0.15) is 13.2 Å². The van der Waals surface area contributed by atoms with Gasteiger partial charge >= 0.3 is 11.9 Å². The second-order valence-electron chi connectivity index (χ2n) is 8.77. The average molecular weight is 530 g/mol. The number of rotatable bonds is 6. The number of benzene rings is 2. The summed E-state index contributed by atoms with van der Waals surface area (Å²) in [5.74, 6) is -0.785. The van der Waals surface area contributed by atoms with Gasteiger partial charge in [0, 0.05) is 50.3 Å². The second-order valence-corrected chi connectivity index (χ2v) is 9.69. The summed E-state index contributed by atoms with van der Waals surface area (Å²) in [5, 5.41) is 1.76. The lowest BCUT2D eigenvalue weighted by atomic mass is 10.0. The van der Waals surface area contributed by atoms with Gasteiger partial charge in [-0.15, -0.1) is 11.3 Å². The summed E-state index contributed by atoms with van der Waals surface area (Å²) < 4.78 is 43.7. The van der Waals surface area contributed by atoms with Gasteiger partial charge in [0.05, 0.1) is 16.0 Å². The largest absolute Gasteiger partial charge is 0.417 e. The molecule has 2 aromatic carbocycles. The summed E-state index contributed by atoms with van der Waals surface area (Å²) in [6.45, 7) is 2.71. The number of thiophene rings is 1. The molecule has 0 bridgehead atoms. The van der Waals surface area contributed by atoms with E-state index in [2.05, 4.69) is 9.88 Å². The Morgan fingerprint density at radius 3 is 2.43 bits per heavy atom. The number of H-pyrrole nitrogens is 1. The van der Waals surface area contributed by atoms with E-state index < -0.39 is 17.5 Å². The fourth-order valence-electron chi connectivity index (χ4n) is 4.38. The number of carbonyl (C=O) groups is 2. The molecular weight excluding hydrogens is 507 g/mol. The van der Waals surface area contributed by atoms with Gasteiger partial charge in [-0.05, 0) is 47.3 Å². The number of piperazine rings is 1. The first-order valence-corrected chi connectivity index (χ1v) is 12.5. The topological polar surface area (TPSA) is 86.6 Å². The lowest BCUT2D eigenvalue weighted by Crippen LogP contribution is -2.49. The van der Waals surface area contributed by atoms with Crippen LogP contribution >= 0.6 is 11.3 Å². The van der Waals surface area contributed by atoms with Crippen LogP contribution in [-0.2, 0) is 6.18 Å². The fourth-order valence-corrected chi connectivity index (χ4v) is 5.26. The lowest BCUT2D eigenvalue weighted by Gasteiger charge is -2.34. The minimum absolute atomic E-state index is 0.0657. The molecule has 7 nitrogen and oxygen atoms in total. The van der Waals surface area contributed by atoms with Gasteiger partial charge in [0.2, 0.25) is 0 Å². The van der Waals surface area contributed by atoms with E-state index in [9.17, 15) is 27.6 Å². The molecule has 5 rings (SSSR count). The molecule has 0 aliphatic carbocycles. The van der Waals surface area contributed by atoms with Crippen molar-refractivity contribution in [1.82, 2.24) is 14.8 Å². The number of aromatic amines is 1. The van der Waals surface area contributed by atoms with Gasteiger partial charge in [-0.1, -0.05) is 12.1 Å². The van der Waals surface area contributed by atoms with Crippen LogP contribution < -0.4 is 5.76 Å². The molecule has 1 amide bonds. The molecule has 1 aliphatic rings. The number of oxazole rings is 1. The highest BCUT2D eigenvalue weighted by atomic mass is 32.1. The summed E-state index contributed by atoms with van der Waals surface area (Å²) in [4.78, 5) is 44.0. The van der Waals surface area contributed by atoms with Crippen molar-refractivity contribution in [3.8, 4) is 11.1 Å². The summed E-state index contributed by atoms with van der Waals surface area (Å²) in [5.41, 5.74) is 1.80. The van der Waals surface area contributed by atoms with Gasteiger partial charge in [-0.3, -0.25) is 19.5 Å². The standard InChI is InChI=1S/C26H22F3N3O4S/c27-26(28,29)18-4-1-16(2-5-18)19-8-14-37-23(19)24(34)32-12-10-31(11-13-32)9-7-21(33)17-3-6-20-22(15-17)36-25(35)30-20/h1-6,8,14-15H,7,9-13H2,(H,30,35). The van der Waals surface area contributed by atoms with E-state index in [-0.39, 0.29) is 18.1 Å². The van der Waals surface area contributed by atoms with E-state index in [0.29, 0.717) is 65.4 Å². The van der Waals surface area contributed by atoms with Crippen molar-refractivity contribution < 1.29 is 27.2 Å². The molecular formula is C26H22F3N3O4S. The molecule has 11 heteroatoms. The van der Waals surface area contributed by atoms with Crippen molar-refractivity contribution in [3.05, 3.63) is 80.5 Å². The molecule has 0 atom stereocenters. The smallest absolute Gasteiger partial charge is 0.408 e. The molecule has 4 aromatic rings. The predicted octanol–water partition coefficient (Wildman–Crippen LogP) is 4.90. The Labute approximate surface area is 213 Å². The van der Waals surface area contributed by atoms with Gasteiger partial charge < -0.3 is 9.32 Å². The van der Waals surface area contributed by atoms with Crippen LogP contribution in [0.25, 0.3) is 22.2 Å². The van der Waals surface area contributed by atoms with Crippen LogP contribution in [0.3, 0.4) is 0 Å². The number of aromatic nitrogens is 1. The molecule has 2 aromatic heterocycles. The third-order valence-electron chi connectivity index (χ3n) is 6.44. The molecule has 0 radical (unpaired) electrons. The lowest BCUT2D eigenvalue weighted by molar-refractivity contribution is -0.137. The molecule has 1 fully saturated rings. The number of carbonyl (C=O) groups excluding carboxylic acids is 2. The van der Waals surface area contributed by atoms with Crippen LogP contribution in [-0.4, -0.2) is 59.2 Å². The van der Waals surface area contributed by atoms with Crippen molar-refractivity contribution >= 4 is 34.1 Å². The maximum atomic E-state index is 13.2. The summed E-state index contributed by atoms with van der Waals surface area (Å²) in [6.07, 6.45) is -4.12. The first kappa shape index (κ1) is 25.0. The number of ketones is 1. The molecule has 0 spiro atoms. The second kappa shape index (κ2) is 9.98. The predicted molar refractivity (Wildman–Crippen MR) is 133 cm³/mol. The van der Waals surface area contributed by atoms with Crippen LogP contribution in [0.5, 0.6) is 0 Å². The van der Waals surface area contributed by atoms with E-state index in [4.69, 9.17) is 4.42 Å². The quantitative estimate of drug-likeness (QED) is 0.359. The van der Waals surface area contributed by atoms with Crippen molar-refractivity contribution in [2.75, 3.05) is 32.7 Å². The monoisotopic (exact) mass is 529 g/mol. The number of fused-ring (bicyclic) bond motifs is 1. The van der Waals surface area contributed by atoms with E-state index in [1.807, 2.05) is 0 Å². The molecule has 1 saturated heterocycles. The van der Waals surface area contributed by atoms with Gasteiger partial charge in [0.25, 0.3) is 5.91 Å². The Hall–Kier alpha value is -3.70. The highest BCUT2D eigenvalue weighted by molar-refractivity contribution is 7.12. The van der Waals surface area contributed by atoms with Crippen LogP contribution in [0.1, 0.15) is 32.0 Å². The van der Waals surface area contributed by atoms with Crippen LogP contribution in [0.2, 0.25) is 0 Å². The van der Waals surface area contributed by atoms with Crippen LogP contribution in [0.15, 0.2) is 63.1 Å². The molecule has 1 aliphatic heterocycles. The number of amides is 1. The third-order valence-corrected chi connectivity index (χ3v) is 7.34. The highest BCUT2D eigenvalue weighted by Crippen LogP contribution is 2.34. The van der Waals surface area contributed by atoms with E-state index in [1.165, 1.54) is 23.5 Å². The van der Waals surface area contributed by atoms with Crippen molar-refractivity contribution in [2.24, 2.45) is 0 Å². The van der Waals surface area contributed by atoms with Gasteiger partial charge in [0.15, 0.2) is 11.4 Å². The van der Waals surface area contributed by atoms with Crippen molar-refractivity contribution in [1.29, 1.82) is 0 Å². The minimum Gasteiger partial charge on any atom is -0.408 e. The zero-order chi connectivity index (χ0) is 26.2. The first-order valence-electron chi connectivity index (χ1n) is 11.6. The average Bonchev–Trinajstić information content (AvgIpc) is 3.52. The zero-order valence-corrected chi connectivity index (χ0v) is 20.3. The SMILES string of the molecule is O=C(CCN1CCN(C(=O)c2sccc2-c2ccc(C(F)(F)F)cc2)CC1)c1ccc2[nH]c(=O)oc2c1. The van der Waals surface area contributed by atoms with Gasteiger partial charge in [0.1, 0.15) is 0 Å². The maximum Gasteiger partial charge on any atom is 0.417 e. The Morgan fingerprint density at radius 1 is 1.00 bits per heavy atom. The summed E-state index contributed by atoms with van der Waals surface area (Å²) >= 11 is 1.27. The van der Waals surface area contributed by atoms with E-state index in [0.717, 1.165) is 12.1 Å². The highest BCUT2D eigenvalue weighted by Gasteiger charge is 2.30. The summed E-state index contributed by atoms with van der Waals surface area (Å²) in [7, 11) is 0.